The summed E-state index contributed by atoms with van der Waals surface area (Å²) >= 11 is 7.35. The van der Waals surface area contributed by atoms with Gasteiger partial charge in [-0.15, -0.1) is 11.8 Å². The summed E-state index contributed by atoms with van der Waals surface area (Å²) in [6, 6.07) is 12.1. The number of rotatable bonds is 4. The molecule has 0 atom stereocenters. The van der Waals surface area contributed by atoms with Crippen LogP contribution in [0.3, 0.4) is 0 Å². The van der Waals surface area contributed by atoms with Gasteiger partial charge in [-0.3, -0.25) is 0 Å². The molecule has 4 heteroatoms. The topological polar surface area (TPSA) is 20.2 Å². The van der Waals surface area contributed by atoms with Crippen LogP contribution in [-0.2, 0) is 12.4 Å². The third-order valence-corrected chi connectivity index (χ3v) is 3.76. The Labute approximate surface area is 115 Å². The lowest BCUT2D eigenvalue weighted by molar-refractivity contribution is 0.281. The van der Waals surface area contributed by atoms with Crippen molar-refractivity contribution in [1.82, 2.24) is 0 Å². The summed E-state index contributed by atoms with van der Waals surface area (Å²) in [5.41, 5.74) is 1.44. The van der Waals surface area contributed by atoms with E-state index >= 15 is 0 Å². The first-order valence-electron chi connectivity index (χ1n) is 5.45. The number of halogens is 2. The molecule has 0 amide bonds. The lowest BCUT2D eigenvalue weighted by Gasteiger charge is -2.05. The zero-order valence-electron chi connectivity index (χ0n) is 9.57. The van der Waals surface area contributed by atoms with Crippen LogP contribution in [0.1, 0.15) is 11.1 Å². The zero-order valence-corrected chi connectivity index (χ0v) is 11.1. The highest BCUT2D eigenvalue weighted by atomic mass is 35.5. The van der Waals surface area contributed by atoms with Gasteiger partial charge < -0.3 is 5.11 Å². The second-order valence-electron chi connectivity index (χ2n) is 3.83. The lowest BCUT2D eigenvalue weighted by Crippen LogP contribution is -1.88. The van der Waals surface area contributed by atoms with Gasteiger partial charge in [0.25, 0.3) is 0 Å². The third kappa shape index (κ3) is 3.48. The van der Waals surface area contributed by atoms with Gasteiger partial charge in [0.1, 0.15) is 5.82 Å². The summed E-state index contributed by atoms with van der Waals surface area (Å²) in [6.45, 7) is 0.0138. The summed E-state index contributed by atoms with van der Waals surface area (Å²) in [5, 5.41) is 9.58. The molecule has 2 aromatic carbocycles. The van der Waals surface area contributed by atoms with E-state index in [-0.39, 0.29) is 12.4 Å². The van der Waals surface area contributed by atoms with Crippen molar-refractivity contribution in [1.29, 1.82) is 0 Å². The molecule has 2 rings (SSSR count). The highest BCUT2D eigenvalue weighted by Crippen LogP contribution is 2.26. The Bertz CT molecular complexity index is 545. The molecule has 94 valence electrons. The average molecular weight is 283 g/mol. The van der Waals surface area contributed by atoms with Crippen molar-refractivity contribution < 1.29 is 9.50 Å². The van der Waals surface area contributed by atoms with Crippen molar-refractivity contribution in [2.24, 2.45) is 0 Å². The van der Waals surface area contributed by atoms with Gasteiger partial charge in [0.05, 0.1) is 6.61 Å². The van der Waals surface area contributed by atoms with E-state index in [0.29, 0.717) is 16.3 Å². The van der Waals surface area contributed by atoms with Gasteiger partial charge in [0, 0.05) is 15.7 Å². The summed E-state index contributed by atoms with van der Waals surface area (Å²) < 4.78 is 13.5. The first kappa shape index (κ1) is 13.4. The molecule has 1 nitrogen and oxygen atoms in total. The minimum absolute atomic E-state index is 0.0138. The van der Waals surface area contributed by atoms with Gasteiger partial charge in [-0.2, -0.15) is 0 Å². The van der Waals surface area contributed by atoms with Crippen molar-refractivity contribution in [2.75, 3.05) is 0 Å². The van der Waals surface area contributed by atoms with Crippen LogP contribution in [0.5, 0.6) is 0 Å². The first-order valence-corrected chi connectivity index (χ1v) is 6.82. The van der Waals surface area contributed by atoms with E-state index < -0.39 is 0 Å². The quantitative estimate of drug-likeness (QED) is 0.846. The molecule has 0 radical (unpaired) electrons. The number of aliphatic hydroxyl groups excluding tert-OH is 1. The number of hydrogen-bond acceptors (Lipinski definition) is 2. The minimum atomic E-state index is -0.245. The van der Waals surface area contributed by atoms with E-state index in [1.165, 1.54) is 23.9 Å². The van der Waals surface area contributed by atoms with Crippen LogP contribution >= 0.6 is 23.4 Å². The Morgan fingerprint density at radius 3 is 2.78 bits per heavy atom. The molecule has 0 heterocycles. The van der Waals surface area contributed by atoms with E-state index in [9.17, 15) is 4.39 Å². The second kappa shape index (κ2) is 6.23. The van der Waals surface area contributed by atoms with Crippen LogP contribution < -0.4 is 0 Å². The van der Waals surface area contributed by atoms with Crippen LogP contribution in [0.15, 0.2) is 47.4 Å². The molecular weight excluding hydrogens is 271 g/mol. The Hall–Kier alpha value is -1.03. The lowest BCUT2D eigenvalue weighted by atomic mass is 10.2. The molecule has 0 saturated carbocycles. The molecule has 0 aromatic heterocycles. The summed E-state index contributed by atoms with van der Waals surface area (Å²) in [6.07, 6.45) is 0. The van der Waals surface area contributed by atoms with E-state index in [2.05, 4.69) is 0 Å². The number of hydrogen-bond donors (Lipinski definition) is 1. The average Bonchev–Trinajstić information content (AvgIpc) is 2.40. The predicted octanol–water partition coefficient (Wildman–Crippen LogP) is 4.26. The van der Waals surface area contributed by atoms with E-state index in [0.717, 1.165) is 10.5 Å². The fraction of sp³-hybridized carbons (Fsp3) is 0.143. The van der Waals surface area contributed by atoms with Crippen molar-refractivity contribution in [2.45, 2.75) is 17.3 Å². The van der Waals surface area contributed by atoms with E-state index in [1.807, 2.05) is 24.3 Å². The van der Waals surface area contributed by atoms with Gasteiger partial charge >= 0.3 is 0 Å². The first-order chi connectivity index (χ1) is 8.69. The second-order valence-corrected chi connectivity index (χ2v) is 5.32. The summed E-state index contributed by atoms with van der Waals surface area (Å²) in [4.78, 5) is 1.00. The molecular formula is C14H12ClFOS. The number of thioether (sulfide) groups is 1. The molecule has 0 spiro atoms. The van der Waals surface area contributed by atoms with Gasteiger partial charge in [-0.25, -0.2) is 4.39 Å². The third-order valence-electron chi connectivity index (χ3n) is 2.48. The molecule has 0 fully saturated rings. The Kier molecular flexibility index (Phi) is 4.64. The highest BCUT2D eigenvalue weighted by molar-refractivity contribution is 7.98. The molecule has 0 unspecified atom stereocenters. The van der Waals surface area contributed by atoms with Crippen LogP contribution in [0.4, 0.5) is 4.39 Å². The van der Waals surface area contributed by atoms with Crippen LogP contribution in [0, 0.1) is 5.82 Å². The van der Waals surface area contributed by atoms with Gasteiger partial charge in [0.2, 0.25) is 0 Å². The maximum Gasteiger partial charge on any atom is 0.127 e. The summed E-state index contributed by atoms with van der Waals surface area (Å²) in [5.74, 6) is 0.270. The van der Waals surface area contributed by atoms with Gasteiger partial charge in [-0.05, 0) is 41.5 Å². The number of aliphatic hydroxyl groups is 1. The van der Waals surface area contributed by atoms with Crippen molar-refractivity contribution >= 4 is 23.4 Å². The maximum absolute atomic E-state index is 13.5. The molecule has 0 bridgehead atoms. The molecule has 18 heavy (non-hydrogen) atoms. The van der Waals surface area contributed by atoms with Crippen LogP contribution in [0.25, 0.3) is 0 Å². The number of benzene rings is 2. The molecule has 0 aliphatic heterocycles. The smallest absolute Gasteiger partial charge is 0.127 e. The maximum atomic E-state index is 13.5. The monoisotopic (exact) mass is 282 g/mol. The van der Waals surface area contributed by atoms with Crippen LogP contribution in [-0.4, -0.2) is 5.11 Å². The molecule has 0 aliphatic carbocycles. The van der Waals surface area contributed by atoms with Crippen molar-refractivity contribution in [3.8, 4) is 0 Å². The minimum Gasteiger partial charge on any atom is -0.392 e. The summed E-state index contributed by atoms with van der Waals surface area (Å²) in [7, 11) is 0. The van der Waals surface area contributed by atoms with Gasteiger partial charge in [-0.1, -0.05) is 23.7 Å². The standard InChI is InChI=1S/C14H12ClFOS/c15-12-4-5-14(16)11(7-12)9-18-13-3-1-2-10(6-13)8-17/h1-7,17H,8-9H2. The van der Waals surface area contributed by atoms with Gasteiger partial charge in [0.15, 0.2) is 0 Å². The Morgan fingerprint density at radius 1 is 1.17 bits per heavy atom. The molecule has 1 N–H and O–H groups in total. The van der Waals surface area contributed by atoms with E-state index in [4.69, 9.17) is 16.7 Å². The molecule has 0 saturated heterocycles. The van der Waals surface area contributed by atoms with Crippen molar-refractivity contribution in [3.63, 3.8) is 0 Å². The Balaban J connectivity index is 2.08. The largest absolute Gasteiger partial charge is 0.392 e. The fourth-order valence-corrected chi connectivity index (χ4v) is 2.70. The van der Waals surface area contributed by atoms with E-state index in [1.54, 1.807) is 6.07 Å². The highest BCUT2D eigenvalue weighted by Gasteiger charge is 2.04. The normalized spacial score (nSPS) is 10.6. The predicted molar refractivity (Wildman–Crippen MR) is 73.3 cm³/mol. The molecule has 0 aliphatic rings. The zero-order chi connectivity index (χ0) is 13.0. The Morgan fingerprint density at radius 2 is 2.00 bits per heavy atom. The van der Waals surface area contributed by atoms with Crippen LogP contribution in [0.2, 0.25) is 5.02 Å². The SMILES string of the molecule is OCc1cccc(SCc2cc(Cl)ccc2F)c1. The van der Waals surface area contributed by atoms with Crippen molar-refractivity contribution in [3.05, 3.63) is 64.4 Å². The molecule has 2 aromatic rings. The fourth-order valence-electron chi connectivity index (χ4n) is 1.55.